The van der Waals surface area contributed by atoms with Crippen molar-refractivity contribution in [2.75, 3.05) is 5.32 Å². The number of alkyl halides is 2. The maximum absolute atomic E-state index is 12.5. The number of nitrogens with one attached hydrogen (secondary N) is 1. The first-order valence-electron chi connectivity index (χ1n) is 10.2. The van der Waals surface area contributed by atoms with Crippen molar-refractivity contribution >= 4 is 5.69 Å². The van der Waals surface area contributed by atoms with Gasteiger partial charge >= 0.3 is 12.6 Å². The van der Waals surface area contributed by atoms with Crippen LogP contribution in [0.2, 0.25) is 0 Å². The van der Waals surface area contributed by atoms with Gasteiger partial charge in [-0.05, 0) is 56.0 Å². The molecule has 31 heavy (non-hydrogen) atoms. The molecule has 162 valence electrons. The van der Waals surface area contributed by atoms with Gasteiger partial charge in [0, 0.05) is 30.3 Å². The maximum Gasteiger partial charge on any atom is 0.389 e. The van der Waals surface area contributed by atoms with Crippen molar-refractivity contribution in [2.24, 2.45) is 0 Å². The summed E-state index contributed by atoms with van der Waals surface area (Å²) in [5.41, 5.74) is 7.45. The van der Waals surface area contributed by atoms with Crippen LogP contribution in [-0.2, 0) is 13.0 Å². The van der Waals surface area contributed by atoms with Gasteiger partial charge in [0.1, 0.15) is 11.9 Å². The summed E-state index contributed by atoms with van der Waals surface area (Å²) in [7, 11) is 0. The van der Waals surface area contributed by atoms with Gasteiger partial charge in [0.15, 0.2) is 0 Å². The minimum absolute atomic E-state index is 0.218. The lowest BCUT2D eigenvalue weighted by molar-refractivity contribution is -0.0562. The Hall–Kier alpha value is -3.22. The standard InChI is InChI=1S/C24H25F2N3O2/c1-13-10-17-8-9-19(11-21(17)30-13)27-12-18-6-5-7-20(14(18)2)22-15(3)28-24(29-16(22)4)31-23(25)26/h5-9,11,13,23,27H,10,12H2,1-4H3. The van der Waals surface area contributed by atoms with E-state index < -0.39 is 6.61 Å². The van der Waals surface area contributed by atoms with E-state index in [-0.39, 0.29) is 12.1 Å². The summed E-state index contributed by atoms with van der Waals surface area (Å²) < 4.78 is 35.3. The lowest BCUT2D eigenvalue weighted by Gasteiger charge is -2.16. The fourth-order valence-electron chi connectivity index (χ4n) is 4.06. The number of benzene rings is 2. The van der Waals surface area contributed by atoms with Crippen LogP contribution < -0.4 is 14.8 Å². The molecule has 1 atom stereocenters. The highest BCUT2D eigenvalue weighted by molar-refractivity contribution is 5.72. The summed E-state index contributed by atoms with van der Waals surface area (Å²) in [6.07, 6.45) is 1.16. The van der Waals surface area contributed by atoms with Crippen molar-refractivity contribution in [2.45, 2.75) is 53.4 Å². The number of aryl methyl sites for hydroxylation is 2. The van der Waals surface area contributed by atoms with Gasteiger partial charge in [-0.1, -0.05) is 24.3 Å². The zero-order valence-electron chi connectivity index (χ0n) is 18.0. The first-order valence-corrected chi connectivity index (χ1v) is 10.2. The summed E-state index contributed by atoms with van der Waals surface area (Å²) in [6, 6.07) is 12.0. The monoisotopic (exact) mass is 425 g/mol. The van der Waals surface area contributed by atoms with E-state index in [9.17, 15) is 8.78 Å². The smallest absolute Gasteiger partial charge is 0.389 e. The fraction of sp³-hybridized carbons (Fsp3) is 0.333. The van der Waals surface area contributed by atoms with E-state index >= 15 is 0 Å². The molecule has 0 spiro atoms. The maximum atomic E-state index is 12.5. The van der Waals surface area contributed by atoms with Crippen LogP contribution in [-0.4, -0.2) is 22.7 Å². The number of hydrogen-bond acceptors (Lipinski definition) is 5. The summed E-state index contributed by atoms with van der Waals surface area (Å²) >= 11 is 0. The number of fused-ring (bicyclic) bond motifs is 1. The molecule has 0 saturated carbocycles. The van der Waals surface area contributed by atoms with Gasteiger partial charge in [0.05, 0.1) is 11.4 Å². The Labute approximate surface area is 180 Å². The van der Waals surface area contributed by atoms with E-state index in [0.29, 0.717) is 17.9 Å². The van der Waals surface area contributed by atoms with E-state index in [2.05, 4.69) is 45.1 Å². The molecule has 4 rings (SSSR count). The van der Waals surface area contributed by atoms with Crippen LogP contribution in [0.25, 0.3) is 11.1 Å². The van der Waals surface area contributed by atoms with Crippen molar-refractivity contribution in [3.05, 3.63) is 64.5 Å². The average Bonchev–Trinajstić information content (AvgIpc) is 3.06. The van der Waals surface area contributed by atoms with E-state index in [1.807, 2.05) is 25.1 Å². The number of anilines is 1. The van der Waals surface area contributed by atoms with Gasteiger partial charge in [-0.15, -0.1) is 0 Å². The Bertz CT molecular complexity index is 1090. The lowest BCUT2D eigenvalue weighted by atomic mass is 9.94. The van der Waals surface area contributed by atoms with E-state index in [1.165, 1.54) is 5.56 Å². The molecule has 1 aromatic heterocycles. The summed E-state index contributed by atoms with van der Waals surface area (Å²) in [6.45, 7) is 5.36. The predicted molar refractivity (Wildman–Crippen MR) is 116 cm³/mol. The quantitative estimate of drug-likeness (QED) is 0.557. The Morgan fingerprint density at radius 2 is 1.87 bits per heavy atom. The number of rotatable bonds is 6. The van der Waals surface area contributed by atoms with Crippen molar-refractivity contribution in [3.63, 3.8) is 0 Å². The Morgan fingerprint density at radius 3 is 2.58 bits per heavy atom. The molecule has 0 amide bonds. The molecule has 3 aromatic rings. The first-order chi connectivity index (χ1) is 14.8. The molecular formula is C24H25F2N3O2. The van der Waals surface area contributed by atoms with Crippen LogP contribution in [0.1, 0.15) is 35.0 Å². The molecule has 7 heteroatoms. The largest absolute Gasteiger partial charge is 0.490 e. The van der Waals surface area contributed by atoms with Gasteiger partial charge in [-0.25, -0.2) is 0 Å². The summed E-state index contributed by atoms with van der Waals surface area (Å²) in [5, 5.41) is 3.47. The third-order valence-corrected chi connectivity index (χ3v) is 5.55. The molecule has 1 aliphatic rings. The molecule has 5 nitrogen and oxygen atoms in total. The number of aromatic nitrogens is 2. The third-order valence-electron chi connectivity index (χ3n) is 5.55. The van der Waals surface area contributed by atoms with Crippen molar-refractivity contribution in [1.82, 2.24) is 9.97 Å². The Balaban J connectivity index is 1.57. The van der Waals surface area contributed by atoms with Crippen LogP contribution in [0.5, 0.6) is 11.8 Å². The summed E-state index contributed by atoms with van der Waals surface area (Å²) in [5.74, 6) is 0.942. The average molecular weight is 425 g/mol. The number of nitrogens with zero attached hydrogens (tertiary/aromatic N) is 2. The summed E-state index contributed by atoms with van der Waals surface area (Å²) in [4.78, 5) is 8.22. The SMILES string of the molecule is Cc1nc(OC(F)F)nc(C)c1-c1cccc(CNc2ccc3c(c2)OC(C)C3)c1C. The number of halogens is 2. The van der Waals surface area contributed by atoms with E-state index in [4.69, 9.17) is 4.74 Å². The molecule has 1 aliphatic heterocycles. The molecule has 0 radical (unpaired) electrons. The second-order valence-corrected chi connectivity index (χ2v) is 7.83. The van der Waals surface area contributed by atoms with Gasteiger partial charge in [-0.3, -0.25) is 0 Å². The minimum Gasteiger partial charge on any atom is -0.490 e. The topological polar surface area (TPSA) is 56.3 Å². The molecular weight excluding hydrogens is 400 g/mol. The molecule has 0 aliphatic carbocycles. The van der Waals surface area contributed by atoms with Gasteiger partial charge in [0.2, 0.25) is 0 Å². The highest BCUT2D eigenvalue weighted by Crippen LogP contribution is 2.33. The van der Waals surface area contributed by atoms with Gasteiger partial charge < -0.3 is 14.8 Å². The van der Waals surface area contributed by atoms with Crippen LogP contribution >= 0.6 is 0 Å². The molecule has 0 saturated heterocycles. The zero-order chi connectivity index (χ0) is 22.1. The van der Waals surface area contributed by atoms with Gasteiger partial charge in [0.25, 0.3) is 0 Å². The molecule has 0 fully saturated rings. The Morgan fingerprint density at radius 1 is 1.13 bits per heavy atom. The van der Waals surface area contributed by atoms with Crippen molar-refractivity contribution in [1.29, 1.82) is 0 Å². The molecule has 2 aromatic carbocycles. The molecule has 1 unspecified atom stereocenters. The highest BCUT2D eigenvalue weighted by atomic mass is 19.3. The number of ether oxygens (including phenoxy) is 2. The minimum atomic E-state index is -2.95. The van der Waals surface area contributed by atoms with Crippen LogP contribution in [0.4, 0.5) is 14.5 Å². The Kier molecular flexibility index (Phi) is 5.76. The second kappa shape index (κ2) is 8.49. The van der Waals surface area contributed by atoms with E-state index in [0.717, 1.165) is 40.1 Å². The van der Waals surface area contributed by atoms with Crippen molar-refractivity contribution in [3.8, 4) is 22.9 Å². The van der Waals surface area contributed by atoms with Crippen molar-refractivity contribution < 1.29 is 18.3 Å². The van der Waals surface area contributed by atoms with Crippen LogP contribution in [0, 0.1) is 20.8 Å². The van der Waals surface area contributed by atoms with Crippen LogP contribution in [0.3, 0.4) is 0 Å². The molecule has 1 N–H and O–H groups in total. The predicted octanol–water partition coefficient (Wildman–Crippen LogP) is 5.61. The second-order valence-electron chi connectivity index (χ2n) is 7.83. The lowest BCUT2D eigenvalue weighted by Crippen LogP contribution is -2.09. The number of hydrogen-bond donors (Lipinski definition) is 1. The van der Waals surface area contributed by atoms with E-state index in [1.54, 1.807) is 13.8 Å². The van der Waals surface area contributed by atoms with Crippen LogP contribution in [0.15, 0.2) is 36.4 Å². The molecule has 2 heterocycles. The highest BCUT2D eigenvalue weighted by Gasteiger charge is 2.19. The van der Waals surface area contributed by atoms with Gasteiger partial charge in [-0.2, -0.15) is 18.7 Å². The zero-order valence-corrected chi connectivity index (χ0v) is 18.0. The third kappa shape index (κ3) is 4.45. The normalized spacial score (nSPS) is 15.0. The molecule has 0 bridgehead atoms. The first kappa shape index (κ1) is 21.0. The fourth-order valence-corrected chi connectivity index (χ4v) is 4.06.